The molecule has 3 rings (SSSR count). The van der Waals surface area contributed by atoms with Crippen molar-refractivity contribution in [3.63, 3.8) is 0 Å². The van der Waals surface area contributed by atoms with Crippen molar-refractivity contribution in [2.45, 2.75) is 37.9 Å². The molecule has 0 fully saturated rings. The molecule has 0 spiro atoms. The van der Waals surface area contributed by atoms with Crippen LogP contribution in [0.2, 0.25) is 0 Å². The predicted octanol–water partition coefficient (Wildman–Crippen LogP) is 3.93. The van der Waals surface area contributed by atoms with Gasteiger partial charge < -0.3 is 19.5 Å². The molecule has 0 bridgehead atoms. The van der Waals surface area contributed by atoms with Gasteiger partial charge in [-0.15, -0.1) is 5.01 Å². The normalized spacial score (nSPS) is 12.1. The number of rotatable bonds is 11. The van der Waals surface area contributed by atoms with Crippen molar-refractivity contribution in [1.82, 2.24) is 19.5 Å². The highest BCUT2D eigenvalue weighted by Gasteiger charge is 2.35. The SMILES string of the molecule is Cc1ccc(-c2cc(C(F)(F)F)nn2-c2ccc(S(=O)(=O)NC(=O)CN(C)[N+]([O-])=NOCOC(=O)OC(C)C)cc2)cc1. The van der Waals surface area contributed by atoms with Crippen molar-refractivity contribution in [3.05, 3.63) is 71.1 Å². The predicted molar refractivity (Wildman–Crippen MR) is 141 cm³/mol. The molecule has 0 unspecified atom stereocenters. The van der Waals surface area contributed by atoms with Gasteiger partial charge in [0.2, 0.25) is 5.28 Å². The Morgan fingerprint density at radius 2 is 1.77 bits per heavy atom. The molecule has 18 heteroatoms. The summed E-state index contributed by atoms with van der Waals surface area (Å²) in [6, 6.07) is 12.2. The van der Waals surface area contributed by atoms with Gasteiger partial charge >= 0.3 is 12.3 Å². The van der Waals surface area contributed by atoms with E-state index in [4.69, 9.17) is 0 Å². The highest BCUT2D eigenvalue weighted by molar-refractivity contribution is 7.90. The van der Waals surface area contributed by atoms with Gasteiger partial charge in [0.25, 0.3) is 22.7 Å². The van der Waals surface area contributed by atoms with Gasteiger partial charge in [-0.05, 0) is 51.1 Å². The molecule has 1 amide bonds. The summed E-state index contributed by atoms with van der Waals surface area (Å²) in [5.41, 5.74) is 0.461. The number of carbonyl (C=O) groups is 2. The summed E-state index contributed by atoms with van der Waals surface area (Å²) in [4.78, 5) is 27.4. The number of hydrogen-bond donors (Lipinski definition) is 1. The zero-order valence-electron chi connectivity index (χ0n) is 23.2. The number of hydrazine groups is 1. The number of aryl methyl sites for hydroxylation is 1. The molecule has 0 atom stereocenters. The minimum absolute atomic E-state index is 0.123. The Balaban J connectivity index is 1.68. The number of sulfonamides is 1. The average Bonchev–Trinajstić information content (AvgIpc) is 3.37. The van der Waals surface area contributed by atoms with E-state index in [1.165, 1.54) is 12.1 Å². The number of halogens is 3. The Kier molecular flexibility index (Phi) is 10.2. The van der Waals surface area contributed by atoms with E-state index in [2.05, 4.69) is 24.7 Å². The van der Waals surface area contributed by atoms with Crippen LogP contribution in [0, 0.1) is 12.1 Å². The molecule has 14 nitrogen and oxygen atoms in total. The molecule has 1 N–H and O–H groups in total. The summed E-state index contributed by atoms with van der Waals surface area (Å²) in [7, 11) is -3.35. The van der Waals surface area contributed by atoms with E-state index in [-0.39, 0.29) is 21.2 Å². The zero-order chi connectivity index (χ0) is 31.9. The maximum Gasteiger partial charge on any atom is 0.511 e. The van der Waals surface area contributed by atoms with Gasteiger partial charge in [-0.1, -0.05) is 29.8 Å². The van der Waals surface area contributed by atoms with Crippen LogP contribution < -0.4 is 4.72 Å². The first kappa shape index (κ1) is 32.6. The molecule has 0 radical (unpaired) electrons. The number of alkyl halides is 3. The van der Waals surface area contributed by atoms with Crippen molar-refractivity contribution in [2.24, 2.45) is 5.28 Å². The second kappa shape index (κ2) is 13.4. The Hall–Kier alpha value is -4.87. The molecule has 0 aliphatic rings. The Morgan fingerprint density at radius 3 is 2.35 bits per heavy atom. The molecule has 0 aliphatic carbocycles. The largest absolute Gasteiger partial charge is 0.569 e. The number of benzene rings is 2. The molecule has 1 aromatic heterocycles. The van der Waals surface area contributed by atoms with E-state index in [0.29, 0.717) is 10.6 Å². The van der Waals surface area contributed by atoms with Gasteiger partial charge in [-0.3, -0.25) is 4.79 Å². The molecule has 232 valence electrons. The summed E-state index contributed by atoms with van der Waals surface area (Å²) in [6.07, 6.45) is -6.23. The van der Waals surface area contributed by atoms with E-state index < -0.39 is 53.4 Å². The molecule has 0 saturated heterocycles. The fourth-order valence-electron chi connectivity index (χ4n) is 3.36. The van der Waals surface area contributed by atoms with Crippen LogP contribution in [-0.2, 0) is 35.3 Å². The van der Waals surface area contributed by atoms with E-state index >= 15 is 0 Å². The minimum Gasteiger partial charge on any atom is -0.569 e. The first-order valence-electron chi connectivity index (χ1n) is 12.3. The quantitative estimate of drug-likeness (QED) is 0.0820. The third-order valence-electron chi connectivity index (χ3n) is 5.34. The average molecular weight is 629 g/mol. The second-order valence-electron chi connectivity index (χ2n) is 9.17. The standard InChI is InChI=1S/C25H27F3N6O8S/c1-16(2)42-24(36)40-15-41-31-34(37)32(4)14-23(35)30-43(38,39)20-11-9-19(10-12-20)33-21(13-22(29-33)25(26,27)28)18-7-5-17(3)6-8-18/h5-13,16H,14-15H2,1-4H3,(H,30,35). The molecule has 3 aromatic rings. The Morgan fingerprint density at radius 1 is 1.14 bits per heavy atom. The number of ether oxygens (including phenoxy) is 2. The number of likely N-dealkylation sites (N-methyl/N-ethyl adjacent to an activating group) is 1. The van der Waals surface area contributed by atoms with Crippen LogP contribution in [0.4, 0.5) is 18.0 Å². The summed E-state index contributed by atoms with van der Waals surface area (Å²) < 4.78 is 77.8. The lowest BCUT2D eigenvalue weighted by molar-refractivity contribution is -0.704. The summed E-state index contributed by atoms with van der Waals surface area (Å²) in [6.45, 7) is 3.45. The van der Waals surface area contributed by atoms with Crippen LogP contribution in [0.3, 0.4) is 0 Å². The molecule has 1 heterocycles. The molecular weight excluding hydrogens is 601 g/mol. The highest BCUT2D eigenvalue weighted by Crippen LogP contribution is 2.33. The van der Waals surface area contributed by atoms with Gasteiger partial charge in [0, 0.05) is 5.56 Å². The van der Waals surface area contributed by atoms with Gasteiger partial charge in [-0.2, -0.15) is 18.3 Å². The third-order valence-corrected chi connectivity index (χ3v) is 6.73. The lowest BCUT2D eigenvalue weighted by Crippen LogP contribution is -2.40. The summed E-state index contributed by atoms with van der Waals surface area (Å²) in [5.74, 6) is -1.12. The third kappa shape index (κ3) is 9.06. The maximum absolute atomic E-state index is 13.4. The van der Waals surface area contributed by atoms with Crippen LogP contribution >= 0.6 is 0 Å². The Bertz CT molecular complexity index is 1570. The van der Waals surface area contributed by atoms with Gasteiger partial charge in [-0.25, -0.2) is 22.6 Å². The number of aromatic nitrogens is 2. The highest BCUT2D eigenvalue weighted by atomic mass is 32.2. The van der Waals surface area contributed by atoms with Crippen molar-refractivity contribution < 1.29 is 50.5 Å². The number of hydrogen-bond acceptors (Lipinski definition) is 10. The zero-order valence-corrected chi connectivity index (χ0v) is 24.0. The van der Waals surface area contributed by atoms with Crippen LogP contribution in [0.5, 0.6) is 0 Å². The van der Waals surface area contributed by atoms with Crippen LogP contribution in [0.15, 0.2) is 64.8 Å². The lowest BCUT2D eigenvalue weighted by atomic mass is 10.1. The van der Waals surface area contributed by atoms with E-state index in [9.17, 15) is 36.4 Å². The molecule has 0 aliphatic heterocycles. The summed E-state index contributed by atoms with van der Waals surface area (Å²) >= 11 is 0. The number of nitrogens with one attached hydrogen (secondary N) is 1. The van der Waals surface area contributed by atoms with Gasteiger partial charge in [0.05, 0.1) is 34.4 Å². The number of nitrogens with zero attached hydrogens (tertiary/aromatic N) is 5. The lowest BCUT2D eigenvalue weighted by Gasteiger charge is -2.13. The molecule has 43 heavy (non-hydrogen) atoms. The van der Waals surface area contributed by atoms with Crippen LogP contribution in [0.25, 0.3) is 16.9 Å². The van der Waals surface area contributed by atoms with E-state index in [1.807, 2.05) is 6.92 Å². The van der Waals surface area contributed by atoms with Crippen LogP contribution in [-0.4, -0.2) is 66.7 Å². The Labute approximate surface area is 243 Å². The smallest absolute Gasteiger partial charge is 0.511 e. The topological polar surface area (TPSA) is 167 Å². The second-order valence-corrected chi connectivity index (χ2v) is 10.9. The van der Waals surface area contributed by atoms with Crippen molar-refractivity contribution >= 4 is 22.1 Å². The first-order chi connectivity index (χ1) is 20.1. The van der Waals surface area contributed by atoms with Crippen molar-refractivity contribution in [1.29, 1.82) is 0 Å². The number of carbonyl (C=O) groups excluding carboxylic acids is 2. The fourth-order valence-corrected chi connectivity index (χ4v) is 4.34. The maximum atomic E-state index is 13.4. The number of amides is 1. The van der Waals surface area contributed by atoms with E-state index in [0.717, 1.165) is 35.5 Å². The minimum atomic E-state index is -4.72. The molecule has 2 aromatic carbocycles. The fraction of sp³-hybridized carbons (Fsp3) is 0.320. The van der Waals surface area contributed by atoms with Crippen LogP contribution in [0.1, 0.15) is 25.1 Å². The monoisotopic (exact) mass is 628 g/mol. The summed E-state index contributed by atoms with van der Waals surface area (Å²) in [5, 5.41) is 19.2. The van der Waals surface area contributed by atoms with Crippen molar-refractivity contribution in [2.75, 3.05) is 20.4 Å². The van der Waals surface area contributed by atoms with Crippen molar-refractivity contribution in [3.8, 4) is 16.9 Å². The molecular formula is C25H27F3N6O8S. The first-order valence-corrected chi connectivity index (χ1v) is 13.8. The molecule has 0 saturated carbocycles. The van der Waals surface area contributed by atoms with Gasteiger partial charge in [0.1, 0.15) is 0 Å². The van der Waals surface area contributed by atoms with E-state index in [1.54, 1.807) is 42.8 Å². The van der Waals surface area contributed by atoms with Gasteiger partial charge in [0.15, 0.2) is 12.2 Å².